The summed E-state index contributed by atoms with van der Waals surface area (Å²) < 4.78 is 38.7. The number of anilines is 1. The van der Waals surface area contributed by atoms with E-state index in [-0.39, 0.29) is 18.1 Å². The molecule has 0 fully saturated rings. The Labute approximate surface area is 170 Å². The number of rotatable bonds is 8. The van der Waals surface area contributed by atoms with Crippen LogP contribution in [-0.4, -0.2) is 51.0 Å². The first kappa shape index (κ1) is 22.4. The third kappa shape index (κ3) is 6.02. The van der Waals surface area contributed by atoms with Crippen LogP contribution >= 0.6 is 0 Å². The molecule has 0 saturated heterocycles. The van der Waals surface area contributed by atoms with Crippen LogP contribution in [0.25, 0.3) is 0 Å². The fourth-order valence-corrected chi connectivity index (χ4v) is 3.64. The molecule has 0 aliphatic heterocycles. The van der Waals surface area contributed by atoms with E-state index in [1.807, 2.05) is 30.3 Å². The highest BCUT2D eigenvalue weighted by molar-refractivity contribution is 7.92. The average Bonchev–Trinajstić information content (AvgIpc) is 2.69. The summed E-state index contributed by atoms with van der Waals surface area (Å²) in [6.45, 7) is 1.19. The van der Waals surface area contributed by atoms with Crippen molar-refractivity contribution < 1.29 is 22.4 Å². The van der Waals surface area contributed by atoms with Crippen molar-refractivity contribution in [2.75, 3.05) is 24.2 Å². The van der Waals surface area contributed by atoms with Crippen LogP contribution in [0.5, 0.6) is 0 Å². The van der Waals surface area contributed by atoms with E-state index in [0.717, 1.165) is 28.3 Å². The van der Waals surface area contributed by atoms with Gasteiger partial charge in [0.1, 0.15) is 18.4 Å². The highest BCUT2D eigenvalue weighted by atomic mass is 32.2. The maximum Gasteiger partial charge on any atom is 0.244 e. The normalized spacial score (nSPS) is 12.1. The molecule has 156 valence electrons. The van der Waals surface area contributed by atoms with Crippen molar-refractivity contribution in [3.8, 4) is 0 Å². The van der Waals surface area contributed by atoms with Crippen LogP contribution in [0.1, 0.15) is 12.5 Å². The monoisotopic (exact) mass is 421 g/mol. The Hall–Kier alpha value is -2.94. The minimum Gasteiger partial charge on any atom is -0.357 e. The van der Waals surface area contributed by atoms with Gasteiger partial charge in [-0.2, -0.15) is 0 Å². The van der Waals surface area contributed by atoms with Crippen LogP contribution in [0.15, 0.2) is 54.6 Å². The lowest BCUT2D eigenvalue weighted by molar-refractivity contribution is -0.139. The molecule has 2 aromatic carbocycles. The molecule has 0 radical (unpaired) electrons. The van der Waals surface area contributed by atoms with Gasteiger partial charge in [0.05, 0.1) is 11.9 Å². The Balaban J connectivity index is 2.34. The average molecular weight is 421 g/mol. The zero-order chi connectivity index (χ0) is 21.6. The van der Waals surface area contributed by atoms with Crippen LogP contribution in [0.2, 0.25) is 0 Å². The van der Waals surface area contributed by atoms with Crippen molar-refractivity contribution in [1.29, 1.82) is 0 Å². The molecular formula is C20H24FN3O4S. The largest absolute Gasteiger partial charge is 0.357 e. The number of likely N-dealkylation sites (N-methyl/N-ethyl adjacent to an activating group) is 1. The summed E-state index contributed by atoms with van der Waals surface area (Å²) in [6, 6.07) is 13.1. The van der Waals surface area contributed by atoms with Crippen LogP contribution in [0.3, 0.4) is 0 Å². The van der Waals surface area contributed by atoms with Crippen LogP contribution in [0.4, 0.5) is 10.1 Å². The van der Waals surface area contributed by atoms with Gasteiger partial charge in [-0.3, -0.25) is 13.9 Å². The van der Waals surface area contributed by atoms with Crippen molar-refractivity contribution in [3.05, 3.63) is 66.0 Å². The zero-order valence-electron chi connectivity index (χ0n) is 16.5. The van der Waals surface area contributed by atoms with Gasteiger partial charge in [0, 0.05) is 13.6 Å². The lowest BCUT2D eigenvalue weighted by Gasteiger charge is -2.31. The lowest BCUT2D eigenvalue weighted by atomic mass is 10.1. The highest BCUT2D eigenvalue weighted by Gasteiger charge is 2.29. The van der Waals surface area contributed by atoms with Gasteiger partial charge in [-0.15, -0.1) is 0 Å². The van der Waals surface area contributed by atoms with E-state index in [9.17, 15) is 22.4 Å². The molecule has 1 N–H and O–H groups in total. The highest BCUT2D eigenvalue weighted by Crippen LogP contribution is 2.19. The number of hydrogen-bond acceptors (Lipinski definition) is 4. The fourth-order valence-electron chi connectivity index (χ4n) is 2.79. The first-order valence-electron chi connectivity index (χ1n) is 8.91. The van der Waals surface area contributed by atoms with E-state index >= 15 is 0 Å². The molecular weight excluding hydrogens is 397 g/mol. The van der Waals surface area contributed by atoms with E-state index in [1.54, 1.807) is 6.92 Å². The van der Waals surface area contributed by atoms with Crippen molar-refractivity contribution in [2.45, 2.75) is 19.5 Å². The molecule has 2 rings (SSSR count). The van der Waals surface area contributed by atoms with E-state index in [1.165, 1.54) is 24.1 Å². The van der Waals surface area contributed by atoms with Gasteiger partial charge in [-0.05, 0) is 36.8 Å². The summed E-state index contributed by atoms with van der Waals surface area (Å²) >= 11 is 0. The van der Waals surface area contributed by atoms with Gasteiger partial charge in [0.25, 0.3) is 0 Å². The first-order chi connectivity index (χ1) is 13.6. The molecule has 2 aromatic rings. The number of hydrogen-bond donors (Lipinski definition) is 1. The van der Waals surface area contributed by atoms with E-state index in [2.05, 4.69) is 5.32 Å². The van der Waals surface area contributed by atoms with Gasteiger partial charge < -0.3 is 10.2 Å². The predicted molar refractivity (Wildman–Crippen MR) is 109 cm³/mol. The molecule has 2 amide bonds. The van der Waals surface area contributed by atoms with Gasteiger partial charge in [0.2, 0.25) is 21.8 Å². The number of nitrogens with zero attached hydrogens (tertiary/aromatic N) is 2. The fraction of sp³-hybridized carbons (Fsp3) is 0.300. The van der Waals surface area contributed by atoms with E-state index in [4.69, 9.17) is 0 Å². The quantitative estimate of drug-likeness (QED) is 0.704. The van der Waals surface area contributed by atoms with Crippen molar-refractivity contribution in [2.24, 2.45) is 0 Å². The zero-order valence-corrected chi connectivity index (χ0v) is 17.3. The second-order valence-electron chi connectivity index (χ2n) is 6.54. The Morgan fingerprint density at radius 3 is 2.17 bits per heavy atom. The van der Waals surface area contributed by atoms with Gasteiger partial charge in [-0.1, -0.05) is 30.3 Å². The van der Waals surface area contributed by atoms with Gasteiger partial charge in [0.15, 0.2) is 0 Å². The molecule has 9 heteroatoms. The predicted octanol–water partition coefficient (Wildman–Crippen LogP) is 1.75. The summed E-state index contributed by atoms with van der Waals surface area (Å²) in [5.74, 6) is -1.45. The summed E-state index contributed by atoms with van der Waals surface area (Å²) in [7, 11) is -2.36. The molecule has 0 spiro atoms. The number of halogens is 1. The van der Waals surface area contributed by atoms with Gasteiger partial charge >= 0.3 is 0 Å². The SMILES string of the molecule is CNC(=O)C(C)N(Cc1ccccc1)C(=O)CN(c1ccc(F)cc1)S(C)(=O)=O. The molecule has 7 nitrogen and oxygen atoms in total. The minimum atomic E-state index is -3.82. The lowest BCUT2D eigenvalue weighted by Crippen LogP contribution is -2.50. The summed E-state index contributed by atoms with van der Waals surface area (Å²) in [6.07, 6.45) is 0.966. The Morgan fingerprint density at radius 1 is 1.07 bits per heavy atom. The number of carbonyl (C=O) groups is 2. The van der Waals surface area contributed by atoms with E-state index in [0.29, 0.717) is 0 Å². The minimum absolute atomic E-state index is 0.134. The number of amides is 2. The number of sulfonamides is 1. The molecule has 1 atom stereocenters. The second-order valence-corrected chi connectivity index (χ2v) is 8.45. The first-order valence-corrected chi connectivity index (χ1v) is 10.8. The molecule has 0 saturated carbocycles. The summed E-state index contributed by atoms with van der Waals surface area (Å²) in [5, 5.41) is 2.50. The van der Waals surface area contributed by atoms with Crippen LogP contribution in [-0.2, 0) is 26.2 Å². The second kappa shape index (κ2) is 9.51. The van der Waals surface area contributed by atoms with E-state index < -0.39 is 34.3 Å². The Kier molecular flexibility index (Phi) is 7.33. The summed E-state index contributed by atoms with van der Waals surface area (Å²) in [5.41, 5.74) is 0.957. The third-order valence-electron chi connectivity index (χ3n) is 4.40. The standard InChI is InChI=1S/C20H24FN3O4S/c1-15(20(26)22-2)23(13-16-7-5-4-6-8-16)19(25)14-24(29(3,27)28)18-11-9-17(21)10-12-18/h4-12,15H,13-14H2,1-3H3,(H,22,26). The third-order valence-corrected chi connectivity index (χ3v) is 5.54. The Bertz CT molecular complexity index is 949. The number of nitrogens with one attached hydrogen (secondary N) is 1. The molecule has 29 heavy (non-hydrogen) atoms. The molecule has 0 heterocycles. The van der Waals surface area contributed by atoms with Crippen LogP contribution < -0.4 is 9.62 Å². The summed E-state index contributed by atoms with van der Waals surface area (Å²) in [4.78, 5) is 26.5. The van der Waals surface area contributed by atoms with Crippen molar-refractivity contribution in [1.82, 2.24) is 10.2 Å². The van der Waals surface area contributed by atoms with Crippen LogP contribution in [0, 0.1) is 5.82 Å². The molecule has 1 unspecified atom stereocenters. The molecule has 0 bridgehead atoms. The number of carbonyl (C=O) groups excluding carboxylic acids is 2. The van der Waals surface area contributed by atoms with Crippen molar-refractivity contribution >= 4 is 27.5 Å². The maximum absolute atomic E-state index is 13.2. The molecule has 0 aliphatic carbocycles. The smallest absolute Gasteiger partial charge is 0.244 e. The topological polar surface area (TPSA) is 86.8 Å². The molecule has 0 aromatic heterocycles. The maximum atomic E-state index is 13.2. The van der Waals surface area contributed by atoms with Crippen molar-refractivity contribution in [3.63, 3.8) is 0 Å². The van der Waals surface area contributed by atoms with Gasteiger partial charge in [-0.25, -0.2) is 12.8 Å². The molecule has 0 aliphatic rings. The Morgan fingerprint density at radius 2 is 1.66 bits per heavy atom. The number of benzene rings is 2.